The third kappa shape index (κ3) is 4.50. The number of hydrogen-bond donors (Lipinski definition) is 3. The van der Waals surface area contributed by atoms with Crippen LogP contribution in [0, 0.1) is 0 Å². The third-order valence-corrected chi connectivity index (χ3v) is 3.38. The van der Waals surface area contributed by atoms with Crippen LogP contribution >= 0.6 is 0 Å². The molecular formula is C13H18F3N3O4. The molecule has 7 nitrogen and oxygen atoms in total. The molecule has 1 saturated heterocycles. The summed E-state index contributed by atoms with van der Waals surface area (Å²) in [5.41, 5.74) is -1.15. The quantitative estimate of drug-likeness (QED) is 0.717. The van der Waals surface area contributed by atoms with Gasteiger partial charge in [0.2, 0.25) is 0 Å². The zero-order valence-electron chi connectivity index (χ0n) is 12.3. The van der Waals surface area contributed by atoms with Crippen molar-refractivity contribution in [1.82, 2.24) is 9.97 Å². The molecule has 1 fully saturated rings. The predicted octanol–water partition coefficient (Wildman–Crippen LogP) is 0.433. The first kappa shape index (κ1) is 17.9. The standard InChI is InChI=1S/C13H18F3N3O4/c1-2-22-6-8-12(21)11(20)7(5-23-8)18-10-4-17-3-9(19-10)13(14,15)16/h3-4,7-8,11-12,20-21H,2,5-6H2,1H3,(H,18,19)/t7-,8+,11+,12-/m0/s1. The van der Waals surface area contributed by atoms with Gasteiger partial charge in [-0.05, 0) is 6.92 Å². The van der Waals surface area contributed by atoms with Gasteiger partial charge in [0.25, 0.3) is 0 Å². The van der Waals surface area contributed by atoms with Crippen LogP contribution < -0.4 is 5.32 Å². The second-order valence-electron chi connectivity index (χ2n) is 5.05. The predicted molar refractivity (Wildman–Crippen MR) is 72.7 cm³/mol. The molecule has 0 spiro atoms. The van der Waals surface area contributed by atoms with Crippen LogP contribution in [0.15, 0.2) is 12.4 Å². The fourth-order valence-corrected chi connectivity index (χ4v) is 2.15. The van der Waals surface area contributed by atoms with Gasteiger partial charge >= 0.3 is 6.18 Å². The Kier molecular flexibility index (Phi) is 5.74. The van der Waals surface area contributed by atoms with Gasteiger partial charge in [-0.15, -0.1) is 0 Å². The van der Waals surface area contributed by atoms with Gasteiger partial charge < -0.3 is 25.0 Å². The van der Waals surface area contributed by atoms with Crippen LogP contribution in [0.3, 0.4) is 0 Å². The highest BCUT2D eigenvalue weighted by Gasteiger charge is 2.39. The molecule has 0 unspecified atom stereocenters. The van der Waals surface area contributed by atoms with E-state index in [1.165, 1.54) is 0 Å². The first-order valence-electron chi connectivity index (χ1n) is 7.04. The number of aromatic nitrogens is 2. The van der Waals surface area contributed by atoms with Gasteiger partial charge in [-0.3, -0.25) is 4.98 Å². The Balaban J connectivity index is 2.01. The lowest BCUT2D eigenvalue weighted by atomic mass is 9.98. The van der Waals surface area contributed by atoms with Gasteiger partial charge in [0.1, 0.15) is 24.1 Å². The Hall–Kier alpha value is -1.49. The van der Waals surface area contributed by atoms with Crippen molar-refractivity contribution in [3.63, 3.8) is 0 Å². The van der Waals surface area contributed by atoms with Gasteiger partial charge in [-0.2, -0.15) is 13.2 Å². The molecule has 0 aliphatic carbocycles. The second-order valence-corrected chi connectivity index (χ2v) is 5.05. The molecule has 130 valence electrons. The normalized spacial score (nSPS) is 28.6. The summed E-state index contributed by atoms with van der Waals surface area (Å²) in [6.45, 7) is 2.31. The van der Waals surface area contributed by atoms with E-state index in [1.807, 2.05) is 0 Å². The molecule has 0 radical (unpaired) electrons. The summed E-state index contributed by atoms with van der Waals surface area (Å²) in [7, 11) is 0. The van der Waals surface area contributed by atoms with E-state index in [1.54, 1.807) is 6.92 Å². The number of hydrogen-bond acceptors (Lipinski definition) is 7. The van der Waals surface area contributed by atoms with Crippen LogP contribution in [0.25, 0.3) is 0 Å². The minimum Gasteiger partial charge on any atom is -0.388 e. The molecule has 4 atom stereocenters. The molecule has 1 aromatic heterocycles. The molecule has 1 aliphatic rings. The minimum absolute atomic E-state index is 0.0199. The molecule has 0 aromatic carbocycles. The lowest BCUT2D eigenvalue weighted by Crippen LogP contribution is -2.57. The molecule has 0 saturated carbocycles. The van der Waals surface area contributed by atoms with E-state index in [2.05, 4.69) is 15.3 Å². The van der Waals surface area contributed by atoms with Crippen molar-refractivity contribution < 1.29 is 32.9 Å². The average Bonchev–Trinajstić information content (AvgIpc) is 2.51. The first-order valence-corrected chi connectivity index (χ1v) is 7.04. The minimum atomic E-state index is -4.62. The maximum atomic E-state index is 12.6. The van der Waals surface area contributed by atoms with E-state index in [0.29, 0.717) is 12.8 Å². The molecule has 1 aromatic rings. The maximum Gasteiger partial charge on any atom is 0.434 e. The molecule has 0 amide bonds. The maximum absolute atomic E-state index is 12.6. The summed E-state index contributed by atoms with van der Waals surface area (Å²) >= 11 is 0. The number of halogens is 3. The molecule has 10 heteroatoms. The number of aliphatic hydroxyl groups excluding tert-OH is 2. The molecular weight excluding hydrogens is 319 g/mol. The van der Waals surface area contributed by atoms with Gasteiger partial charge in [0, 0.05) is 6.61 Å². The van der Waals surface area contributed by atoms with Crippen LogP contribution in [0.2, 0.25) is 0 Å². The van der Waals surface area contributed by atoms with Crippen LogP contribution in [0.1, 0.15) is 12.6 Å². The van der Waals surface area contributed by atoms with Crippen molar-refractivity contribution in [3.8, 4) is 0 Å². The van der Waals surface area contributed by atoms with E-state index in [0.717, 1.165) is 6.20 Å². The molecule has 1 aliphatic heterocycles. The number of ether oxygens (including phenoxy) is 2. The topological polar surface area (TPSA) is 96.7 Å². The Labute approximate surface area is 130 Å². The Morgan fingerprint density at radius 3 is 2.74 bits per heavy atom. The summed E-state index contributed by atoms with van der Waals surface area (Å²) in [6, 6.07) is -0.819. The number of aliphatic hydroxyl groups is 2. The van der Waals surface area contributed by atoms with Crippen LogP contribution in [0.5, 0.6) is 0 Å². The third-order valence-electron chi connectivity index (χ3n) is 3.38. The van der Waals surface area contributed by atoms with Crippen molar-refractivity contribution in [2.24, 2.45) is 0 Å². The lowest BCUT2D eigenvalue weighted by molar-refractivity contribution is -0.159. The Morgan fingerprint density at radius 2 is 2.09 bits per heavy atom. The Morgan fingerprint density at radius 1 is 1.35 bits per heavy atom. The summed E-state index contributed by atoms with van der Waals surface area (Å²) in [5, 5.41) is 22.7. The second kappa shape index (κ2) is 7.39. The summed E-state index contributed by atoms with van der Waals surface area (Å²) in [4.78, 5) is 6.86. The van der Waals surface area contributed by atoms with E-state index in [-0.39, 0.29) is 19.0 Å². The van der Waals surface area contributed by atoms with E-state index < -0.39 is 36.2 Å². The zero-order chi connectivity index (χ0) is 17.0. The monoisotopic (exact) mass is 337 g/mol. The van der Waals surface area contributed by atoms with Gasteiger partial charge in [0.05, 0.1) is 31.6 Å². The SMILES string of the molecule is CCOC[C@H]1OC[C@H](Nc2cncc(C(F)(F)F)n2)[C@@H](O)[C@H]1O. The van der Waals surface area contributed by atoms with Crippen molar-refractivity contribution in [2.75, 3.05) is 25.1 Å². The molecule has 2 rings (SSSR count). The van der Waals surface area contributed by atoms with Crippen molar-refractivity contribution in [2.45, 2.75) is 37.5 Å². The van der Waals surface area contributed by atoms with E-state index >= 15 is 0 Å². The first-order chi connectivity index (χ1) is 10.8. The highest BCUT2D eigenvalue weighted by atomic mass is 19.4. The summed E-state index contributed by atoms with van der Waals surface area (Å²) < 4.78 is 48.3. The summed E-state index contributed by atoms with van der Waals surface area (Å²) in [5.74, 6) is -0.164. The van der Waals surface area contributed by atoms with Crippen molar-refractivity contribution >= 4 is 5.82 Å². The molecule has 23 heavy (non-hydrogen) atoms. The van der Waals surface area contributed by atoms with Crippen molar-refractivity contribution in [3.05, 3.63) is 18.1 Å². The van der Waals surface area contributed by atoms with E-state index in [4.69, 9.17) is 9.47 Å². The highest BCUT2D eigenvalue weighted by molar-refractivity contribution is 5.34. The van der Waals surface area contributed by atoms with Crippen LogP contribution in [-0.4, -0.2) is 64.4 Å². The zero-order valence-corrected chi connectivity index (χ0v) is 12.3. The number of rotatable bonds is 5. The van der Waals surface area contributed by atoms with Gasteiger partial charge in [0.15, 0.2) is 5.69 Å². The van der Waals surface area contributed by atoms with Gasteiger partial charge in [-0.25, -0.2) is 4.98 Å². The number of anilines is 1. The summed E-state index contributed by atoms with van der Waals surface area (Å²) in [6.07, 6.45) is -6.09. The van der Waals surface area contributed by atoms with E-state index in [9.17, 15) is 23.4 Å². The lowest BCUT2D eigenvalue weighted by Gasteiger charge is -2.37. The number of nitrogens with zero attached hydrogens (tertiary/aromatic N) is 2. The largest absolute Gasteiger partial charge is 0.434 e. The van der Waals surface area contributed by atoms with Crippen molar-refractivity contribution in [1.29, 1.82) is 0 Å². The fraction of sp³-hybridized carbons (Fsp3) is 0.692. The Bertz CT molecular complexity index is 517. The molecule has 3 N–H and O–H groups in total. The number of nitrogens with one attached hydrogen (secondary N) is 1. The number of alkyl halides is 3. The average molecular weight is 337 g/mol. The smallest absolute Gasteiger partial charge is 0.388 e. The molecule has 0 bridgehead atoms. The molecule has 2 heterocycles. The fourth-order valence-electron chi connectivity index (χ4n) is 2.15. The van der Waals surface area contributed by atoms with Crippen LogP contribution in [0.4, 0.5) is 19.0 Å². The van der Waals surface area contributed by atoms with Gasteiger partial charge in [-0.1, -0.05) is 0 Å². The van der Waals surface area contributed by atoms with Crippen LogP contribution in [-0.2, 0) is 15.7 Å². The highest BCUT2D eigenvalue weighted by Crippen LogP contribution is 2.28.